The minimum absolute atomic E-state index is 0.0616. The van der Waals surface area contributed by atoms with Crippen LogP contribution in [0.5, 0.6) is 0 Å². The van der Waals surface area contributed by atoms with Crippen molar-refractivity contribution >= 4 is 17.3 Å². The number of hydrogen-bond acceptors (Lipinski definition) is 5. The highest BCUT2D eigenvalue weighted by Crippen LogP contribution is 2.38. The van der Waals surface area contributed by atoms with Gasteiger partial charge in [0.05, 0.1) is 4.92 Å². The standard InChI is InChI=1S/C14H19N3O4/c1-9(2)14(19)7-16(8-14)12-6-10(13(18)15-3)4-5-11(12)17(20)21/h4-6,9,19H,7-8H2,1-3H3,(H,15,18). The van der Waals surface area contributed by atoms with Crippen molar-refractivity contribution in [3.63, 3.8) is 0 Å². The Morgan fingerprint density at radius 1 is 1.48 bits per heavy atom. The first-order valence-corrected chi connectivity index (χ1v) is 6.76. The van der Waals surface area contributed by atoms with E-state index < -0.39 is 10.5 Å². The number of nitro groups is 1. The first-order valence-electron chi connectivity index (χ1n) is 6.76. The molecule has 0 spiro atoms. The number of carbonyl (C=O) groups is 1. The Bertz CT molecular complexity index is 580. The topological polar surface area (TPSA) is 95.7 Å². The van der Waals surface area contributed by atoms with Crippen LogP contribution in [0.1, 0.15) is 24.2 Å². The van der Waals surface area contributed by atoms with E-state index in [1.165, 1.54) is 25.2 Å². The number of β-amino-alcohol motifs (C(OH)–C–C–N with tert-alkyl or cyclic N) is 1. The maximum Gasteiger partial charge on any atom is 0.292 e. The van der Waals surface area contributed by atoms with Crippen molar-refractivity contribution in [3.05, 3.63) is 33.9 Å². The van der Waals surface area contributed by atoms with Crippen molar-refractivity contribution in [2.24, 2.45) is 5.92 Å². The van der Waals surface area contributed by atoms with E-state index in [1.54, 1.807) is 4.90 Å². The Balaban J connectivity index is 2.33. The van der Waals surface area contributed by atoms with Gasteiger partial charge in [-0.15, -0.1) is 0 Å². The Morgan fingerprint density at radius 2 is 2.10 bits per heavy atom. The summed E-state index contributed by atoms with van der Waals surface area (Å²) >= 11 is 0. The lowest BCUT2D eigenvalue weighted by atomic mass is 9.82. The predicted molar refractivity (Wildman–Crippen MR) is 78.5 cm³/mol. The summed E-state index contributed by atoms with van der Waals surface area (Å²) in [5.41, 5.74) is -0.172. The molecule has 0 atom stereocenters. The molecule has 0 radical (unpaired) electrons. The van der Waals surface area contributed by atoms with E-state index in [2.05, 4.69) is 5.32 Å². The van der Waals surface area contributed by atoms with E-state index in [0.29, 0.717) is 24.3 Å². The van der Waals surface area contributed by atoms with Crippen molar-refractivity contribution in [2.75, 3.05) is 25.0 Å². The molecule has 1 aliphatic heterocycles. The van der Waals surface area contributed by atoms with Gasteiger partial charge in [0.2, 0.25) is 0 Å². The third-order valence-electron chi connectivity index (χ3n) is 4.01. The maximum atomic E-state index is 11.7. The Labute approximate surface area is 122 Å². The minimum Gasteiger partial charge on any atom is -0.386 e. The van der Waals surface area contributed by atoms with Crippen LogP contribution in [0.2, 0.25) is 0 Å². The molecular formula is C14H19N3O4. The van der Waals surface area contributed by atoms with Crippen molar-refractivity contribution in [3.8, 4) is 0 Å². The fourth-order valence-electron chi connectivity index (χ4n) is 2.37. The molecule has 1 aliphatic rings. The van der Waals surface area contributed by atoms with E-state index in [9.17, 15) is 20.0 Å². The molecule has 21 heavy (non-hydrogen) atoms. The summed E-state index contributed by atoms with van der Waals surface area (Å²) in [5, 5.41) is 23.9. The smallest absolute Gasteiger partial charge is 0.292 e. The average Bonchev–Trinajstić information content (AvgIpc) is 2.41. The molecule has 1 fully saturated rings. The molecule has 7 nitrogen and oxygen atoms in total. The van der Waals surface area contributed by atoms with Crippen LogP contribution >= 0.6 is 0 Å². The fourth-order valence-corrected chi connectivity index (χ4v) is 2.37. The highest BCUT2D eigenvalue weighted by molar-refractivity contribution is 5.95. The molecule has 114 valence electrons. The van der Waals surface area contributed by atoms with Gasteiger partial charge in [0.1, 0.15) is 11.3 Å². The summed E-state index contributed by atoms with van der Waals surface area (Å²) in [6.45, 7) is 4.46. The number of benzene rings is 1. The minimum atomic E-state index is -0.836. The number of carbonyl (C=O) groups excluding carboxylic acids is 1. The van der Waals surface area contributed by atoms with Gasteiger partial charge in [-0.05, 0) is 18.1 Å². The van der Waals surface area contributed by atoms with Gasteiger partial charge in [0.15, 0.2) is 0 Å². The summed E-state index contributed by atoms with van der Waals surface area (Å²) in [5.74, 6) is -0.235. The first kappa shape index (κ1) is 15.2. The normalized spacial score (nSPS) is 16.5. The van der Waals surface area contributed by atoms with Gasteiger partial charge in [-0.2, -0.15) is 0 Å². The van der Waals surface area contributed by atoms with Crippen LogP contribution in [0.4, 0.5) is 11.4 Å². The van der Waals surface area contributed by atoms with Crippen LogP contribution in [0.15, 0.2) is 18.2 Å². The third-order valence-corrected chi connectivity index (χ3v) is 4.01. The Hall–Kier alpha value is -2.15. The van der Waals surface area contributed by atoms with Crippen molar-refractivity contribution in [2.45, 2.75) is 19.4 Å². The molecule has 0 aliphatic carbocycles. The molecule has 0 bridgehead atoms. The lowest BCUT2D eigenvalue weighted by molar-refractivity contribution is -0.384. The van der Waals surface area contributed by atoms with Gasteiger partial charge in [-0.25, -0.2) is 0 Å². The van der Waals surface area contributed by atoms with Gasteiger partial charge in [0.25, 0.3) is 11.6 Å². The van der Waals surface area contributed by atoms with Gasteiger partial charge in [-0.3, -0.25) is 14.9 Å². The quantitative estimate of drug-likeness (QED) is 0.641. The van der Waals surface area contributed by atoms with E-state index in [1.807, 2.05) is 13.8 Å². The molecule has 1 amide bonds. The highest BCUT2D eigenvalue weighted by atomic mass is 16.6. The van der Waals surface area contributed by atoms with Gasteiger partial charge in [0, 0.05) is 31.8 Å². The number of nitrogens with one attached hydrogen (secondary N) is 1. The molecule has 0 unspecified atom stereocenters. The number of hydrogen-bond donors (Lipinski definition) is 2. The zero-order chi connectivity index (χ0) is 15.8. The fraction of sp³-hybridized carbons (Fsp3) is 0.500. The lowest BCUT2D eigenvalue weighted by Gasteiger charge is -2.50. The van der Waals surface area contributed by atoms with E-state index in [-0.39, 0.29) is 17.5 Å². The second-order valence-corrected chi connectivity index (χ2v) is 5.65. The van der Waals surface area contributed by atoms with Crippen molar-refractivity contribution in [1.29, 1.82) is 0 Å². The summed E-state index contributed by atoms with van der Waals surface area (Å²) in [4.78, 5) is 24.0. The average molecular weight is 293 g/mol. The number of amides is 1. The lowest BCUT2D eigenvalue weighted by Crippen LogP contribution is -2.64. The second-order valence-electron chi connectivity index (χ2n) is 5.65. The summed E-state index contributed by atoms with van der Waals surface area (Å²) in [6, 6.07) is 4.25. The zero-order valence-corrected chi connectivity index (χ0v) is 12.3. The SMILES string of the molecule is CNC(=O)c1ccc([N+](=O)[O-])c(N2CC(O)(C(C)C)C2)c1. The van der Waals surface area contributed by atoms with Crippen LogP contribution < -0.4 is 10.2 Å². The van der Waals surface area contributed by atoms with Gasteiger partial charge < -0.3 is 15.3 Å². The molecule has 2 N–H and O–H groups in total. The monoisotopic (exact) mass is 293 g/mol. The molecule has 1 saturated heterocycles. The van der Waals surface area contributed by atoms with E-state index >= 15 is 0 Å². The van der Waals surface area contributed by atoms with Crippen LogP contribution in [0.25, 0.3) is 0 Å². The van der Waals surface area contributed by atoms with Crippen molar-refractivity contribution < 1.29 is 14.8 Å². The van der Waals surface area contributed by atoms with Crippen molar-refractivity contribution in [1.82, 2.24) is 5.32 Å². The molecule has 1 heterocycles. The summed E-state index contributed by atoms with van der Waals surface area (Å²) in [6.07, 6.45) is 0. The molecule has 2 rings (SSSR count). The molecule has 0 aromatic heterocycles. The summed E-state index contributed by atoms with van der Waals surface area (Å²) in [7, 11) is 1.50. The van der Waals surface area contributed by atoms with E-state index in [4.69, 9.17) is 0 Å². The number of nitrogens with zero attached hydrogens (tertiary/aromatic N) is 2. The van der Waals surface area contributed by atoms with E-state index in [0.717, 1.165) is 0 Å². The Kier molecular flexibility index (Phi) is 3.87. The zero-order valence-electron chi connectivity index (χ0n) is 12.3. The summed E-state index contributed by atoms with van der Waals surface area (Å²) < 4.78 is 0. The highest BCUT2D eigenvalue weighted by Gasteiger charge is 2.45. The first-order chi connectivity index (χ1) is 9.78. The van der Waals surface area contributed by atoms with Gasteiger partial charge in [-0.1, -0.05) is 13.8 Å². The second kappa shape index (κ2) is 5.33. The van der Waals surface area contributed by atoms with Crippen LogP contribution in [0.3, 0.4) is 0 Å². The van der Waals surface area contributed by atoms with Gasteiger partial charge >= 0.3 is 0 Å². The molecule has 0 saturated carbocycles. The molecule has 1 aromatic carbocycles. The third kappa shape index (κ3) is 2.69. The van der Waals surface area contributed by atoms with Crippen LogP contribution in [0, 0.1) is 16.0 Å². The van der Waals surface area contributed by atoms with Crippen LogP contribution in [-0.4, -0.2) is 41.7 Å². The number of rotatable bonds is 4. The van der Waals surface area contributed by atoms with Crippen LogP contribution in [-0.2, 0) is 0 Å². The number of aliphatic hydroxyl groups is 1. The predicted octanol–water partition coefficient (Wildman–Crippen LogP) is 1.16. The Morgan fingerprint density at radius 3 is 2.57 bits per heavy atom. The molecule has 7 heteroatoms. The molecule has 1 aromatic rings. The molecular weight excluding hydrogens is 274 g/mol. The number of anilines is 1. The maximum absolute atomic E-state index is 11.7. The largest absolute Gasteiger partial charge is 0.386 e. The number of nitro benzene ring substituents is 1.